The lowest BCUT2D eigenvalue weighted by Crippen LogP contribution is -2.05. The van der Waals surface area contributed by atoms with E-state index in [1.165, 1.54) is 0 Å². The predicted octanol–water partition coefficient (Wildman–Crippen LogP) is 0.154. The van der Waals surface area contributed by atoms with Gasteiger partial charge in [0.15, 0.2) is 0 Å². The minimum absolute atomic E-state index is 0. The Bertz CT molecular complexity index is 57.7. The standard InChI is InChI=1S/C4H9NO.ClH/c1-6-4-2-3(4)5;/h3-4H,2,5H2,1H3;1H/t3?,4-;/m1./s1. The Morgan fingerprint density at radius 3 is 2.14 bits per heavy atom. The fourth-order valence-electron chi connectivity index (χ4n) is 0.461. The minimum atomic E-state index is 0. The summed E-state index contributed by atoms with van der Waals surface area (Å²) in [7, 11) is 1.69. The first-order valence-electron chi connectivity index (χ1n) is 2.13. The van der Waals surface area contributed by atoms with Gasteiger partial charge < -0.3 is 10.5 Å². The molecule has 0 aromatic carbocycles. The number of rotatable bonds is 1. The Morgan fingerprint density at radius 1 is 1.71 bits per heavy atom. The molecule has 0 spiro atoms. The van der Waals surface area contributed by atoms with Gasteiger partial charge in [-0.15, -0.1) is 12.4 Å². The van der Waals surface area contributed by atoms with Gasteiger partial charge in [0.25, 0.3) is 0 Å². The number of hydrogen-bond acceptors (Lipinski definition) is 2. The largest absolute Gasteiger partial charge is 0.380 e. The molecule has 1 aliphatic rings. The van der Waals surface area contributed by atoms with Gasteiger partial charge in [-0.25, -0.2) is 0 Å². The van der Waals surface area contributed by atoms with Crippen molar-refractivity contribution in [3.63, 3.8) is 0 Å². The molecule has 44 valence electrons. The van der Waals surface area contributed by atoms with Crippen LogP contribution in [0, 0.1) is 0 Å². The summed E-state index contributed by atoms with van der Waals surface area (Å²) in [6.45, 7) is 0. The number of ether oxygens (including phenoxy) is 1. The summed E-state index contributed by atoms with van der Waals surface area (Å²) in [4.78, 5) is 0. The summed E-state index contributed by atoms with van der Waals surface area (Å²) in [5, 5.41) is 0. The summed E-state index contributed by atoms with van der Waals surface area (Å²) in [6.07, 6.45) is 1.43. The van der Waals surface area contributed by atoms with Crippen LogP contribution in [0.15, 0.2) is 0 Å². The molecule has 0 saturated heterocycles. The van der Waals surface area contributed by atoms with Gasteiger partial charge in [-0.1, -0.05) is 0 Å². The summed E-state index contributed by atoms with van der Waals surface area (Å²) in [5.74, 6) is 0. The molecule has 2 N–H and O–H groups in total. The quantitative estimate of drug-likeness (QED) is 0.539. The number of halogens is 1. The van der Waals surface area contributed by atoms with Gasteiger partial charge in [0.2, 0.25) is 0 Å². The Balaban J connectivity index is 0.000000360. The molecule has 0 radical (unpaired) electrons. The Labute approximate surface area is 49.4 Å². The highest BCUT2D eigenvalue weighted by molar-refractivity contribution is 5.85. The van der Waals surface area contributed by atoms with Crippen molar-refractivity contribution in [2.24, 2.45) is 5.73 Å². The van der Waals surface area contributed by atoms with Crippen molar-refractivity contribution in [3.8, 4) is 0 Å². The Morgan fingerprint density at radius 2 is 2.14 bits per heavy atom. The third-order valence-corrected chi connectivity index (χ3v) is 1.08. The van der Waals surface area contributed by atoms with Crippen molar-refractivity contribution in [1.82, 2.24) is 0 Å². The molecule has 0 heterocycles. The molecule has 0 amide bonds. The van der Waals surface area contributed by atoms with Gasteiger partial charge in [0.05, 0.1) is 6.10 Å². The van der Waals surface area contributed by atoms with E-state index in [1.54, 1.807) is 7.11 Å². The highest BCUT2D eigenvalue weighted by Gasteiger charge is 2.32. The second-order valence-corrected chi connectivity index (χ2v) is 1.67. The van der Waals surface area contributed by atoms with Gasteiger partial charge in [0.1, 0.15) is 0 Å². The minimum Gasteiger partial charge on any atom is -0.380 e. The van der Waals surface area contributed by atoms with Crippen LogP contribution in [0.25, 0.3) is 0 Å². The lowest BCUT2D eigenvalue weighted by Gasteiger charge is -1.85. The third-order valence-electron chi connectivity index (χ3n) is 1.08. The molecular formula is C4H10ClNO. The number of hydrogen-bond donors (Lipinski definition) is 1. The molecule has 3 heteroatoms. The van der Waals surface area contributed by atoms with E-state index in [4.69, 9.17) is 10.5 Å². The van der Waals surface area contributed by atoms with Crippen LogP contribution in [-0.2, 0) is 4.74 Å². The summed E-state index contributed by atoms with van der Waals surface area (Å²) >= 11 is 0. The van der Waals surface area contributed by atoms with Crippen LogP contribution in [0.1, 0.15) is 6.42 Å². The summed E-state index contributed by atoms with van der Waals surface area (Å²) in [6, 6.07) is 0.343. The van der Waals surface area contributed by atoms with Crippen molar-refractivity contribution in [3.05, 3.63) is 0 Å². The molecule has 1 saturated carbocycles. The average Bonchev–Trinajstić information content (AvgIpc) is 2.19. The maximum absolute atomic E-state index is 5.35. The van der Waals surface area contributed by atoms with E-state index in [-0.39, 0.29) is 12.4 Å². The van der Waals surface area contributed by atoms with Gasteiger partial charge in [-0.2, -0.15) is 0 Å². The van der Waals surface area contributed by atoms with Gasteiger partial charge in [-0.05, 0) is 6.42 Å². The van der Waals surface area contributed by atoms with Crippen molar-refractivity contribution in [2.75, 3.05) is 7.11 Å². The summed E-state index contributed by atoms with van der Waals surface area (Å²) < 4.78 is 4.85. The molecule has 1 fully saturated rings. The zero-order chi connectivity index (χ0) is 4.57. The zero-order valence-corrected chi connectivity index (χ0v) is 5.07. The van der Waals surface area contributed by atoms with Crippen LogP contribution >= 0.6 is 12.4 Å². The smallest absolute Gasteiger partial charge is 0.0738 e. The van der Waals surface area contributed by atoms with Gasteiger partial charge in [-0.3, -0.25) is 0 Å². The third kappa shape index (κ3) is 1.63. The second kappa shape index (κ2) is 2.50. The molecule has 2 nitrogen and oxygen atoms in total. The normalized spacial score (nSPS) is 36.9. The monoisotopic (exact) mass is 123 g/mol. The van der Waals surface area contributed by atoms with E-state index in [9.17, 15) is 0 Å². The van der Waals surface area contributed by atoms with E-state index >= 15 is 0 Å². The van der Waals surface area contributed by atoms with Crippen molar-refractivity contribution in [2.45, 2.75) is 18.6 Å². The lowest BCUT2D eigenvalue weighted by atomic mass is 10.7. The SMILES string of the molecule is CO[C@@H]1CC1N.Cl. The van der Waals surface area contributed by atoms with Gasteiger partial charge >= 0.3 is 0 Å². The fourth-order valence-corrected chi connectivity index (χ4v) is 0.461. The topological polar surface area (TPSA) is 35.2 Å². The molecule has 2 atom stereocenters. The first kappa shape index (κ1) is 7.21. The molecule has 0 aromatic heterocycles. The van der Waals surface area contributed by atoms with Crippen LogP contribution < -0.4 is 5.73 Å². The number of nitrogens with two attached hydrogens (primary N) is 1. The number of methoxy groups -OCH3 is 1. The first-order chi connectivity index (χ1) is 2.84. The average molecular weight is 124 g/mol. The van der Waals surface area contributed by atoms with Gasteiger partial charge in [0, 0.05) is 13.2 Å². The van der Waals surface area contributed by atoms with Crippen molar-refractivity contribution < 1.29 is 4.74 Å². The molecule has 1 rings (SSSR count). The fraction of sp³-hybridized carbons (Fsp3) is 1.00. The maximum atomic E-state index is 5.35. The molecular weight excluding hydrogens is 114 g/mol. The Kier molecular flexibility index (Phi) is 2.58. The van der Waals surface area contributed by atoms with Crippen molar-refractivity contribution >= 4 is 12.4 Å². The summed E-state index contributed by atoms with van der Waals surface area (Å²) in [5.41, 5.74) is 5.35. The van der Waals surface area contributed by atoms with Crippen molar-refractivity contribution in [1.29, 1.82) is 0 Å². The zero-order valence-electron chi connectivity index (χ0n) is 4.26. The van der Waals surface area contributed by atoms with E-state index in [0.717, 1.165) is 6.42 Å². The van der Waals surface area contributed by atoms with E-state index < -0.39 is 0 Å². The molecule has 7 heavy (non-hydrogen) atoms. The van der Waals surface area contributed by atoms with Crippen LogP contribution in [0.3, 0.4) is 0 Å². The molecule has 1 unspecified atom stereocenters. The predicted molar refractivity (Wildman–Crippen MR) is 30.6 cm³/mol. The van der Waals surface area contributed by atoms with Crippen LogP contribution in [0.5, 0.6) is 0 Å². The van der Waals surface area contributed by atoms with Crippen LogP contribution in [-0.4, -0.2) is 19.3 Å². The Hall–Kier alpha value is 0.210. The highest BCUT2D eigenvalue weighted by atomic mass is 35.5. The van der Waals surface area contributed by atoms with E-state index in [1.807, 2.05) is 0 Å². The van der Waals surface area contributed by atoms with E-state index in [0.29, 0.717) is 12.1 Å². The van der Waals surface area contributed by atoms with Crippen LogP contribution in [0.2, 0.25) is 0 Å². The lowest BCUT2D eigenvalue weighted by molar-refractivity contribution is 0.178. The molecule has 0 aliphatic heterocycles. The molecule has 1 aliphatic carbocycles. The first-order valence-corrected chi connectivity index (χ1v) is 2.13. The molecule has 0 aromatic rings. The maximum Gasteiger partial charge on any atom is 0.0738 e. The molecule has 0 bridgehead atoms. The highest BCUT2D eigenvalue weighted by Crippen LogP contribution is 2.20. The van der Waals surface area contributed by atoms with Crippen LogP contribution in [0.4, 0.5) is 0 Å². The van der Waals surface area contributed by atoms with E-state index in [2.05, 4.69) is 0 Å². The second-order valence-electron chi connectivity index (χ2n) is 1.67.